The molecular formula is C22H20. The highest BCUT2D eigenvalue weighted by molar-refractivity contribution is 5.82. The second-order valence-corrected chi connectivity index (χ2v) is 5.34. The number of allylic oxidation sites excluding steroid dienone is 1. The Hall–Kier alpha value is -2.60. The van der Waals surface area contributed by atoms with Crippen molar-refractivity contribution in [3.63, 3.8) is 0 Å². The van der Waals surface area contributed by atoms with Crippen molar-refractivity contribution in [1.29, 1.82) is 0 Å². The normalized spacial score (nSPS) is 11.4. The van der Waals surface area contributed by atoms with Gasteiger partial charge in [-0.2, -0.15) is 0 Å². The van der Waals surface area contributed by atoms with Crippen molar-refractivity contribution in [1.82, 2.24) is 0 Å². The van der Waals surface area contributed by atoms with E-state index in [1.165, 1.54) is 27.8 Å². The summed E-state index contributed by atoms with van der Waals surface area (Å²) in [6.45, 7) is 2.18. The van der Waals surface area contributed by atoms with Gasteiger partial charge in [-0.25, -0.2) is 0 Å². The summed E-state index contributed by atoms with van der Waals surface area (Å²) in [6, 6.07) is 29.9. The zero-order valence-corrected chi connectivity index (χ0v) is 12.9. The van der Waals surface area contributed by atoms with Gasteiger partial charge >= 0.3 is 0 Å². The van der Waals surface area contributed by atoms with E-state index in [-0.39, 0.29) is 0 Å². The molecule has 108 valence electrons. The lowest BCUT2D eigenvalue weighted by atomic mass is 9.94. The van der Waals surface area contributed by atoms with E-state index in [0.29, 0.717) is 0 Å². The summed E-state index contributed by atoms with van der Waals surface area (Å²) in [4.78, 5) is 0. The molecular weight excluding hydrogens is 264 g/mol. The predicted molar refractivity (Wildman–Crippen MR) is 95.7 cm³/mol. The van der Waals surface area contributed by atoms with Crippen molar-refractivity contribution in [2.24, 2.45) is 0 Å². The Morgan fingerprint density at radius 3 is 1.95 bits per heavy atom. The predicted octanol–water partition coefficient (Wildman–Crippen LogP) is 6.20. The third kappa shape index (κ3) is 3.17. The third-order valence-electron chi connectivity index (χ3n) is 3.77. The molecule has 3 aromatic rings. The van der Waals surface area contributed by atoms with Gasteiger partial charge in [0.1, 0.15) is 0 Å². The Morgan fingerprint density at radius 1 is 0.682 bits per heavy atom. The van der Waals surface area contributed by atoms with E-state index in [4.69, 9.17) is 0 Å². The lowest BCUT2D eigenvalue weighted by Crippen LogP contribution is -1.89. The second kappa shape index (κ2) is 6.91. The molecule has 0 heteroatoms. The van der Waals surface area contributed by atoms with Gasteiger partial charge in [0, 0.05) is 0 Å². The fourth-order valence-corrected chi connectivity index (χ4v) is 2.72. The first-order chi connectivity index (χ1) is 10.9. The SMILES string of the molecule is CC/C=C(/c1ccccc1)c1cccc(-c2ccccc2)c1. The minimum atomic E-state index is 1.03. The summed E-state index contributed by atoms with van der Waals surface area (Å²) >= 11 is 0. The maximum atomic E-state index is 2.30. The van der Waals surface area contributed by atoms with Crippen molar-refractivity contribution >= 4 is 5.57 Å². The van der Waals surface area contributed by atoms with E-state index in [0.717, 1.165) is 6.42 Å². The molecule has 3 rings (SSSR count). The van der Waals surface area contributed by atoms with E-state index in [2.05, 4.69) is 97.9 Å². The van der Waals surface area contributed by atoms with E-state index in [1.807, 2.05) is 0 Å². The second-order valence-electron chi connectivity index (χ2n) is 5.34. The number of benzene rings is 3. The molecule has 0 heterocycles. The van der Waals surface area contributed by atoms with E-state index in [9.17, 15) is 0 Å². The van der Waals surface area contributed by atoms with Gasteiger partial charge < -0.3 is 0 Å². The van der Waals surface area contributed by atoms with Crippen molar-refractivity contribution in [2.75, 3.05) is 0 Å². The van der Waals surface area contributed by atoms with Crippen molar-refractivity contribution in [2.45, 2.75) is 13.3 Å². The van der Waals surface area contributed by atoms with Crippen LogP contribution in [0.15, 0.2) is 91.0 Å². The fraction of sp³-hybridized carbons (Fsp3) is 0.0909. The average molecular weight is 284 g/mol. The fourth-order valence-electron chi connectivity index (χ4n) is 2.72. The van der Waals surface area contributed by atoms with Gasteiger partial charge in [0.05, 0.1) is 0 Å². The molecule has 22 heavy (non-hydrogen) atoms. The first-order valence-electron chi connectivity index (χ1n) is 7.80. The Kier molecular flexibility index (Phi) is 4.50. The Balaban J connectivity index is 2.05. The molecule has 0 saturated heterocycles. The van der Waals surface area contributed by atoms with Crippen LogP contribution >= 0.6 is 0 Å². The quantitative estimate of drug-likeness (QED) is 0.535. The molecule has 0 aliphatic rings. The zero-order chi connectivity index (χ0) is 15.2. The lowest BCUT2D eigenvalue weighted by molar-refractivity contribution is 1.22. The first-order valence-corrected chi connectivity index (χ1v) is 7.80. The monoisotopic (exact) mass is 284 g/mol. The molecule has 0 saturated carbocycles. The van der Waals surface area contributed by atoms with Crippen LogP contribution in [0, 0.1) is 0 Å². The van der Waals surface area contributed by atoms with Crippen LogP contribution in [0.5, 0.6) is 0 Å². The minimum absolute atomic E-state index is 1.03. The largest absolute Gasteiger partial charge is 0.0763 e. The maximum Gasteiger partial charge on any atom is -0.0151 e. The molecule has 3 aromatic carbocycles. The van der Waals surface area contributed by atoms with Gasteiger partial charge in [0.15, 0.2) is 0 Å². The molecule has 0 atom stereocenters. The van der Waals surface area contributed by atoms with E-state index >= 15 is 0 Å². The summed E-state index contributed by atoms with van der Waals surface area (Å²) in [6.07, 6.45) is 3.33. The van der Waals surface area contributed by atoms with Crippen LogP contribution < -0.4 is 0 Å². The summed E-state index contributed by atoms with van der Waals surface area (Å²) in [7, 11) is 0. The molecule has 0 nitrogen and oxygen atoms in total. The van der Waals surface area contributed by atoms with Crippen LogP contribution in [0.3, 0.4) is 0 Å². The lowest BCUT2D eigenvalue weighted by Gasteiger charge is -2.10. The molecule has 0 aliphatic heterocycles. The average Bonchev–Trinajstić information content (AvgIpc) is 2.61. The topological polar surface area (TPSA) is 0 Å². The Labute approximate surface area is 132 Å². The number of hydrogen-bond donors (Lipinski definition) is 0. The van der Waals surface area contributed by atoms with Crippen LogP contribution in [0.4, 0.5) is 0 Å². The van der Waals surface area contributed by atoms with Crippen molar-refractivity contribution < 1.29 is 0 Å². The van der Waals surface area contributed by atoms with Gasteiger partial charge in [-0.05, 0) is 40.3 Å². The Morgan fingerprint density at radius 2 is 1.27 bits per heavy atom. The number of hydrogen-bond acceptors (Lipinski definition) is 0. The van der Waals surface area contributed by atoms with Gasteiger partial charge in [-0.3, -0.25) is 0 Å². The van der Waals surface area contributed by atoms with Gasteiger partial charge in [-0.1, -0.05) is 91.9 Å². The molecule has 0 spiro atoms. The van der Waals surface area contributed by atoms with Crippen LogP contribution in [0.25, 0.3) is 16.7 Å². The van der Waals surface area contributed by atoms with Crippen molar-refractivity contribution in [3.8, 4) is 11.1 Å². The molecule has 0 aliphatic carbocycles. The van der Waals surface area contributed by atoms with Crippen molar-refractivity contribution in [3.05, 3.63) is 102 Å². The summed E-state index contributed by atoms with van der Waals surface area (Å²) < 4.78 is 0. The first kappa shape index (κ1) is 14.3. The standard InChI is InChI=1S/C22H20/c1-2-10-22(19-13-7-4-8-14-19)21-16-9-15-20(17-21)18-11-5-3-6-12-18/h3-17H,2H2,1H3/b22-10-. The van der Waals surface area contributed by atoms with Crippen LogP contribution in [-0.4, -0.2) is 0 Å². The van der Waals surface area contributed by atoms with Gasteiger partial charge in [0.25, 0.3) is 0 Å². The molecule has 0 aromatic heterocycles. The number of rotatable bonds is 4. The zero-order valence-electron chi connectivity index (χ0n) is 12.9. The summed E-state index contributed by atoms with van der Waals surface area (Å²) in [5.74, 6) is 0. The smallest absolute Gasteiger partial charge is 0.0151 e. The minimum Gasteiger partial charge on any atom is -0.0763 e. The van der Waals surface area contributed by atoms with E-state index < -0.39 is 0 Å². The molecule has 0 bridgehead atoms. The van der Waals surface area contributed by atoms with Gasteiger partial charge in [-0.15, -0.1) is 0 Å². The van der Waals surface area contributed by atoms with E-state index in [1.54, 1.807) is 0 Å². The molecule has 0 radical (unpaired) electrons. The highest BCUT2D eigenvalue weighted by Crippen LogP contribution is 2.28. The maximum absolute atomic E-state index is 2.30. The molecule has 0 fully saturated rings. The van der Waals surface area contributed by atoms with Crippen LogP contribution in [0.1, 0.15) is 24.5 Å². The highest BCUT2D eigenvalue weighted by atomic mass is 14.1. The molecule has 0 N–H and O–H groups in total. The third-order valence-corrected chi connectivity index (χ3v) is 3.77. The highest BCUT2D eigenvalue weighted by Gasteiger charge is 2.06. The molecule has 0 unspecified atom stereocenters. The summed E-state index contributed by atoms with van der Waals surface area (Å²) in [5.41, 5.74) is 6.37. The Bertz CT molecular complexity index is 752. The van der Waals surface area contributed by atoms with Gasteiger partial charge in [0.2, 0.25) is 0 Å². The van der Waals surface area contributed by atoms with Crippen LogP contribution in [-0.2, 0) is 0 Å². The summed E-state index contributed by atoms with van der Waals surface area (Å²) in [5, 5.41) is 0. The molecule has 0 amide bonds. The van der Waals surface area contributed by atoms with Crippen LogP contribution in [0.2, 0.25) is 0 Å².